The predicted molar refractivity (Wildman–Crippen MR) is 52.7 cm³/mol. The maximum absolute atomic E-state index is 5.52. The van der Waals surface area contributed by atoms with Gasteiger partial charge in [-0.1, -0.05) is 0 Å². The molecule has 2 aliphatic rings. The molecular weight excluding hydrogens is 196 g/mol. The molecule has 0 aliphatic carbocycles. The van der Waals surface area contributed by atoms with Crippen LogP contribution in [0.15, 0.2) is 12.1 Å². The second-order valence-corrected chi connectivity index (χ2v) is 3.57. The van der Waals surface area contributed by atoms with Crippen molar-refractivity contribution in [1.29, 1.82) is 0 Å². The van der Waals surface area contributed by atoms with Crippen LogP contribution < -0.4 is 14.2 Å². The van der Waals surface area contributed by atoms with Gasteiger partial charge in [0.2, 0.25) is 5.75 Å². The average Bonchev–Trinajstić information content (AvgIpc) is 3.11. The Hall–Kier alpha value is -1.42. The summed E-state index contributed by atoms with van der Waals surface area (Å²) in [5.41, 5.74) is 1.09. The average molecular weight is 208 g/mol. The van der Waals surface area contributed by atoms with Crippen LogP contribution in [0.1, 0.15) is 11.7 Å². The fourth-order valence-electron chi connectivity index (χ4n) is 1.72. The third kappa shape index (κ3) is 1.51. The molecule has 0 spiro atoms. The molecule has 2 aliphatic heterocycles. The highest BCUT2D eigenvalue weighted by molar-refractivity contribution is 5.55. The second kappa shape index (κ2) is 3.31. The third-order valence-corrected chi connectivity index (χ3v) is 2.56. The van der Waals surface area contributed by atoms with Gasteiger partial charge in [0.15, 0.2) is 11.5 Å². The van der Waals surface area contributed by atoms with Gasteiger partial charge in [-0.25, -0.2) is 0 Å². The molecule has 1 saturated heterocycles. The van der Waals surface area contributed by atoms with Crippen LogP contribution >= 0.6 is 0 Å². The summed E-state index contributed by atoms with van der Waals surface area (Å²) in [7, 11) is 1.63. The standard InChI is InChI=1S/C11H12O4/c1-12-8-4-7(10-6-15-10)5-9-11(8)14-3-2-13-9/h4-5,10H,2-3,6H2,1H3/t10-/m1/s1. The Morgan fingerprint density at radius 2 is 2.07 bits per heavy atom. The Balaban J connectivity index is 2.06. The van der Waals surface area contributed by atoms with Crippen molar-refractivity contribution in [2.45, 2.75) is 6.10 Å². The number of rotatable bonds is 2. The van der Waals surface area contributed by atoms with Gasteiger partial charge in [0.05, 0.1) is 13.7 Å². The lowest BCUT2D eigenvalue weighted by atomic mass is 10.1. The highest BCUT2D eigenvalue weighted by atomic mass is 16.6. The lowest BCUT2D eigenvalue weighted by molar-refractivity contribution is 0.164. The fraction of sp³-hybridized carbons (Fsp3) is 0.455. The lowest BCUT2D eigenvalue weighted by Gasteiger charge is -2.21. The van der Waals surface area contributed by atoms with Crippen molar-refractivity contribution in [3.63, 3.8) is 0 Å². The predicted octanol–water partition coefficient (Wildman–Crippen LogP) is 1.54. The minimum Gasteiger partial charge on any atom is -0.493 e. The molecule has 0 radical (unpaired) electrons. The van der Waals surface area contributed by atoms with E-state index in [9.17, 15) is 0 Å². The molecule has 80 valence electrons. The van der Waals surface area contributed by atoms with E-state index < -0.39 is 0 Å². The van der Waals surface area contributed by atoms with Crippen LogP contribution in [0, 0.1) is 0 Å². The molecule has 4 nitrogen and oxygen atoms in total. The zero-order chi connectivity index (χ0) is 10.3. The number of fused-ring (bicyclic) bond motifs is 1. The van der Waals surface area contributed by atoms with Crippen molar-refractivity contribution in [2.24, 2.45) is 0 Å². The third-order valence-electron chi connectivity index (χ3n) is 2.56. The number of methoxy groups -OCH3 is 1. The number of hydrogen-bond acceptors (Lipinski definition) is 4. The van der Waals surface area contributed by atoms with Crippen molar-refractivity contribution in [2.75, 3.05) is 26.9 Å². The minimum absolute atomic E-state index is 0.203. The Kier molecular flexibility index (Phi) is 1.95. The number of hydrogen-bond donors (Lipinski definition) is 0. The molecule has 3 rings (SSSR count). The largest absolute Gasteiger partial charge is 0.493 e. The highest BCUT2D eigenvalue weighted by Gasteiger charge is 2.28. The molecule has 1 aromatic rings. The van der Waals surface area contributed by atoms with Crippen molar-refractivity contribution in [3.05, 3.63) is 17.7 Å². The molecule has 0 bridgehead atoms. The summed E-state index contributed by atoms with van der Waals surface area (Å²) in [6.07, 6.45) is 0.203. The summed E-state index contributed by atoms with van der Waals surface area (Å²) >= 11 is 0. The monoisotopic (exact) mass is 208 g/mol. The maximum Gasteiger partial charge on any atom is 0.203 e. The van der Waals surface area contributed by atoms with E-state index in [-0.39, 0.29) is 6.10 Å². The van der Waals surface area contributed by atoms with E-state index in [0.717, 1.165) is 23.7 Å². The van der Waals surface area contributed by atoms with E-state index in [1.807, 2.05) is 12.1 Å². The van der Waals surface area contributed by atoms with Gasteiger partial charge in [0.1, 0.15) is 19.3 Å². The highest BCUT2D eigenvalue weighted by Crippen LogP contribution is 2.44. The van der Waals surface area contributed by atoms with Crippen molar-refractivity contribution in [1.82, 2.24) is 0 Å². The smallest absolute Gasteiger partial charge is 0.203 e. The molecule has 2 heterocycles. The summed E-state index contributed by atoms with van der Waals surface area (Å²) < 4.78 is 21.5. The zero-order valence-corrected chi connectivity index (χ0v) is 8.49. The van der Waals surface area contributed by atoms with Gasteiger partial charge in [-0.15, -0.1) is 0 Å². The summed E-state index contributed by atoms with van der Waals surface area (Å²) in [5, 5.41) is 0. The Morgan fingerprint density at radius 1 is 1.27 bits per heavy atom. The van der Waals surface area contributed by atoms with E-state index in [1.54, 1.807) is 7.11 Å². The second-order valence-electron chi connectivity index (χ2n) is 3.57. The maximum atomic E-state index is 5.52. The van der Waals surface area contributed by atoms with Gasteiger partial charge in [0, 0.05) is 0 Å². The van der Waals surface area contributed by atoms with Crippen LogP contribution in [0.4, 0.5) is 0 Å². The minimum atomic E-state index is 0.203. The van der Waals surface area contributed by atoms with Crippen LogP contribution in [0.5, 0.6) is 17.2 Å². The van der Waals surface area contributed by atoms with E-state index in [1.165, 1.54) is 0 Å². The van der Waals surface area contributed by atoms with E-state index in [2.05, 4.69) is 0 Å². The van der Waals surface area contributed by atoms with Gasteiger partial charge >= 0.3 is 0 Å². The molecule has 0 unspecified atom stereocenters. The van der Waals surface area contributed by atoms with Gasteiger partial charge in [0.25, 0.3) is 0 Å². The number of benzene rings is 1. The van der Waals surface area contributed by atoms with Crippen LogP contribution in [0.25, 0.3) is 0 Å². The number of epoxide rings is 1. The fourth-order valence-corrected chi connectivity index (χ4v) is 1.72. The van der Waals surface area contributed by atoms with Gasteiger partial charge in [-0.3, -0.25) is 0 Å². The Bertz CT molecular complexity index is 367. The van der Waals surface area contributed by atoms with Gasteiger partial charge in [-0.05, 0) is 17.7 Å². The quantitative estimate of drug-likeness (QED) is 0.691. The Labute approximate surface area is 87.7 Å². The SMILES string of the molecule is COc1cc([C@H]2CO2)cc2c1OCCO2. The normalized spacial score (nSPS) is 22.3. The van der Waals surface area contributed by atoms with Crippen LogP contribution in [0.3, 0.4) is 0 Å². The van der Waals surface area contributed by atoms with E-state index >= 15 is 0 Å². The number of ether oxygens (including phenoxy) is 4. The molecule has 0 N–H and O–H groups in total. The van der Waals surface area contributed by atoms with Crippen LogP contribution in [-0.2, 0) is 4.74 Å². The van der Waals surface area contributed by atoms with E-state index in [4.69, 9.17) is 18.9 Å². The molecule has 1 aromatic carbocycles. The van der Waals surface area contributed by atoms with Gasteiger partial charge in [-0.2, -0.15) is 0 Å². The van der Waals surface area contributed by atoms with Crippen LogP contribution in [0.2, 0.25) is 0 Å². The molecule has 1 atom stereocenters. The molecule has 1 fully saturated rings. The summed E-state index contributed by atoms with van der Waals surface area (Å²) in [6, 6.07) is 3.92. The van der Waals surface area contributed by atoms with Crippen molar-refractivity contribution >= 4 is 0 Å². The first kappa shape index (κ1) is 8.85. The van der Waals surface area contributed by atoms with Crippen LogP contribution in [-0.4, -0.2) is 26.9 Å². The lowest BCUT2D eigenvalue weighted by Crippen LogP contribution is -2.16. The van der Waals surface area contributed by atoms with E-state index in [0.29, 0.717) is 19.0 Å². The molecule has 0 aromatic heterocycles. The molecule has 4 heteroatoms. The molecule has 0 saturated carbocycles. The molecule has 15 heavy (non-hydrogen) atoms. The van der Waals surface area contributed by atoms with Crippen molar-refractivity contribution < 1.29 is 18.9 Å². The zero-order valence-electron chi connectivity index (χ0n) is 8.49. The Morgan fingerprint density at radius 3 is 2.80 bits per heavy atom. The first-order valence-corrected chi connectivity index (χ1v) is 4.97. The van der Waals surface area contributed by atoms with Crippen molar-refractivity contribution in [3.8, 4) is 17.2 Å². The molecular formula is C11H12O4. The van der Waals surface area contributed by atoms with Gasteiger partial charge < -0.3 is 18.9 Å². The molecule has 0 amide bonds. The first-order chi connectivity index (χ1) is 7.38. The summed E-state index contributed by atoms with van der Waals surface area (Å²) in [6.45, 7) is 1.94. The topological polar surface area (TPSA) is 40.2 Å². The first-order valence-electron chi connectivity index (χ1n) is 4.97. The summed E-state index contributed by atoms with van der Waals surface area (Å²) in [4.78, 5) is 0. The summed E-state index contributed by atoms with van der Waals surface area (Å²) in [5.74, 6) is 2.18.